The summed E-state index contributed by atoms with van der Waals surface area (Å²) in [6, 6.07) is 0. The van der Waals surface area contributed by atoms with Gasteiger partial charge in [-0.2, -0.15) is 0 Å². The van der Waals surface area contributed by atoms with Gasteiger partial charge in [-0.15, -0.1) is 0 Å². The zero-order chi connectivity index (χ0) is 10.3. The summed E-state index contributed by atoms with van der Waals surface area (Å²) in [5.74, 6) is 1.15. The number of fused-ring (bicyclic) bond motifs is 3. The van der Waals surface area contributed by atoms with Crippen molar-refractivity contribution in [2.75, 3.05) is 0 Å². The Hall–Kier alpha value is -1.23. The third-order valence-electron chi connectivity index (χ3n) is 2.91. The smallest absolute Gasteiger partial charge is 0.160 e. The Labute approximate surface area is 92.4 Å². The Kier molecular flexibility index (Phi) is 2.05. The van der Waals surface area contributed by atoms with E-state index in [0.29, 0.717) is 4.64 Å². The zero-order valence-corrected chi connectivity index (χ0v) is 9.18. The number of nitrogens with zero attached hydrogens (tertiary/aromatic N) is 3. The lowest BCUT2D eigenvalue weighted by Gasteiger charge is -2.02. The lowest BCUT2D eigenvalue weighted by atomic mass is 10.2. The molecule has 3 rings (SSSR count). The number of aromatic nitrogens is 4. The molecule has 3 heterocycles. The molecule has 0 saturated carbocycles. The fraction of sp³-hybridized carbons (Fsp3) is 0.500. The molecule has 0 aliphatic carbocycles. The van der Waals surface area contributed by atoms with Crippen LogP contribution in [-0.4, -0.2) is 19.5 Å². The number of nitrogens with one attached hydrogen (secondary N) is 1. The normalized spacial score (nSPS) is 16.3. The number of H-pyrrole nitrogens is 1. The van der Waals surface area contributed by atoms with Crippen LogP contribution in [0.5, 0.6) is 0 Å². The molecule has 0 radical (unpaired) electrons. The molecular formula is C10H12N4S. The highest BCUT2D eigenvalue weighted by atomic mass is 32.1. The minimum atomic E-state index is 0.657. The Balaban J connectivity index is 2.34. The van der Waals surface area contributed by atoms with Crippen LogP contribution in [0, 0.1) is 4.64 Å². The predicted molar refractivity (Wildman–Crippen MR) is 60.3 cm³/mol. The van der Waals surface area contributed by atoms with Crippen molar-refractivity contribution in [2.24, 2.45) is 0 Å². The maximum Gasteiger partial charge on any atom is 0.160 e. The molecule has 0 amide bonds. The molecule has 1 N–H and O–H groups in total. The predicted octanol–water partition coefficient (Wildman–Crippen LogP) is 2.22. The minimum Gasteiger partial charge on any atom is -0.329 e. The van der Waals surface area contributed by atoms with Crippen molar-refractivity contribution in [2.45, 2.75) is 32.2 Å². The molecule has 0 unspecified atom stereocenters. The van der Waals surface area contributed by atoms with Gasteiger partial charge in [0.2, 0.25) is 0 Å². The Morgan fingerprint density at radius 2 is 2.27 bits per heavy atom. The van der Waals surface area contributed by atoms with Crippen molar-refractivity contribution in [3.8, 4) is 0 Å². The van der Waals surface area contributed by atoms with Crippen molar-refractivity contribution in [3.63, 3.8) is 0 Å². The van der Waals surface area contributed by atoms with Gasteiger partial charge in [0.05, 0.1) is 6.33 Å². The summed E-state index contributed by atoms with van der Waals surface area (Å²) >= 11 is 5.25. The molecule has 0 atom stereocenters. The summed E-state index contributed by atoms with van der Waals surface area (Å²) in [6.07, 6.45) is 6.39. The summed E-state index contributed by atoms with van der Waals surface area (Å²) in [4.78, 5) is 11.8. The first-order chi connectivity index (χ1) is 7.36. The molecule has 2 aromatic rings. The van der Waals surface area contributed by atoms with Crippen LogP contribution in [0.3, 0.4) is 0 Å². The number of aryl methyl sites for hydroxylation is 2. The van der Waals surface area contributed by atoms with E-state index in [0.717, 1.165) is 30.0 Å². The highest BCUT2D eigenvalue weighted by Crippen LogP contribution is 2.20. The van der Waals surface area contributed by atoms with E-state index < -0.39 is 0 Å². The molecule has 0 fully saturated rings. The monoisotopic (exact) mass is 220 g/mol. The highest BCUT2D eigenvalue weighted by molar-refractivity contribution is 7.71. The molecule has 15 heavy (non-hydrogen) atoms. The minimum absolute atomic E-state index is 0.657. The van der Waals surface area contributed by atoms with E-state index in [2.05, 4.69) is 19.5 Å². The number of hydrogen-bond acceptors (Lipinski definition) is 3. The molecule has 4 nitrogen and oxygen atoms in total. The zero-order valence-electron chi connectivity index (χ0n) is 8.36. The first-order valence-electron chi connectivity index (χ1n) is 5.29. The second kappa shape index (κ2) is 3.41. The van der Waals surface area contributed by atoms with Crippen LogP contribution in [0.2, 0.25) is 0 Å². The van der Waals surface area contributed by atoms with E-state index in [9.17, 15) is 0 Å². The first kappa shape index (κ1) is 9.03. The van der Waals surface area contributed by atoms with E-state index >= 15 is 0 Å². The average molecular weight is 220 g/mol. The molecule has 0 bridgehead atoms. The molecule has 1 aliphatic heterocycles. The van der Waals surface area contributed by atoms with Gasteiger partial charge in [0, 0.05) is 13.0 Å². The van der Waals surface area contributed by atoms with Gasteiger partial charge in [0.25, 0.3) is 0 Å². The van der Waals surface area contributed by atoms with Crippen LogP contribution >= 0.6 is 12.2 Å². The SMILES string of the molecule is S=c1nc[nH]c2nc3n(c12)CCCCC3. The Morgan fingerprint density at radius 3 is 3.20 bits per heavy atom. The molecule has 0 aromatic carbocycles. The standard InChI is InChI=1S/C10H12N4S/c15-10-8-9(11-6-12-10)13-7-4-2-1-3-5-14(7)8/h6H,1-5H2,(H,11,12,15). The number of hydrogen-bond donors (Lipinski definition) is 1. The summed E-state index contributed by atoms with van der Waals surface area (Å²) in [6.45, 7) is 1.02. The van der Waals surface area contributed by atoms with E-state index in [-0.39, 0.29) is 0 Å². The van der Waals surface area contributed by atoms with E-state index in [1.807, 2.05) is 0 Å². The second-order valence-electron chi connectivity index (χ2n) is 3.90. The molecule has 78 valence electrons. The maximum absolute atomic E-state index is 5.25. The van der Waals surface area contributed by atoms with Gasteiger partial charge in [-0.25, -0.2) is 9.97 Å². The molecule has 1 aliphatic rings. The quantitative estimate of drug-likeness (QED) is 0.692. The van der Waals surface area contributed by atoms with Crippen LogP contribution in [0.1, 0.15) is 25.1 Å². The van der Waals surface area contributed by atoms with Gasteiger partial charge in [-0.3, -0.25) is 0 Å². The van der Waals surface area contributed by atoms with Crippen LogP contribution in [0.25, 0.3) is 11.2 Å². The number of imidazole rings is 1. The maximum atomic E-state index is 5.25. The summed E-state index contributed by atoms with van der Waals surface area (Å²) < 4.78 is 2.89. The van der Waals surface area contributed by atoms with E-state index in [1.165, 1.54) is 19.3 Å². The van der Waals surface area contributed by atoms with Crippen LogP contribution in [0.15, 0.2) is 6.33 Å². The van der Waals surface area contributed by atoms with Gasteiger partial charge in [-0.05, 0) is 12.8 Å². The van der Waals surface area contributed by atoms with Crippen molar-refractivity contribution in [1.29, 1.82) is 0 Å². The number of aromatic amines is 1. The molecule has 5 heteroatoms. The van der Waals surface area contributed by atoms with Gasteiger partial charge < -0.3 is 9.55 Å². The van der Waals surface area contributed by atoms with Gasteiger partial charge in [0.15, 0.2) is 10.3 Å². The molecule has 0 spiro atoms. The van der Waals surface area contributed by atoms with Crippen molar-refractivity contribution < 1.29 is 0 Å². The molecule has 2 aromatic heterocycles. The van der Waals surface area contributed by atoms with Gasteiger partial charge >= 0.3 is 0 Å². The lowest BCUT2D eigenvalue weighted by molar-refractivity contribution is 0.646. The van der Waals surface area contributed by atoms with Crippen LogP contribution in [-0.2, 0) is 13.0 Å². The number of rotatable bonds is 0. The summed E-state index contributed by atoms with van der Waals surface area (Å²) in [5, 5.41) is 0. The largest absolute Gasteiger partial charge is 0.329 e. The Morgan fingerprint density at radius 1 is 1.33 bits per heavy atom. The molecule has 0 saturated heterocycles. The fourth-order valence-corrected chi connectivity index (χ4v) is 2.45. The third-order valence-corrected chi connectivity index (χ3v) is 3.21. The van der Waals surface area contributed by atoms with Crippen LogP contribution < -0.4 is 0 Å². The van der Waals surface area contributed by atoms with Gasteiger partial charge in [0.1, 0.15) is 11.3 Å². The van der Waals surface area contributed by atoms with E-state index in [1.54, 1.807) is 6.33 Å². The third kappa shape index (κ3) is 1.38. The van der Waals surface area contributed by atoms with E-state index in [4.69, 9.17) is 12.2 Å². The molecular weight excluding hydrogens is 208 g/mol. The first-order valence-corrected chi connectivity index (χ1v) is 5.70. The summed E-state index contributed by atoms with van der Waals surface area (Å²) in [7, 11) is 0. The van der Waals surface area contributed by atoms with Crippen molar-refractivity contribution >= 4 is 23.4 Å². The summed E-state index contributed by atoms with van der Waals surface area (Å²) in [5.41, 5.74) is 1.89. The second-order valence-corrected chi connectivity index (χ2v) is 4.28. The average Bonchev–Trinajstić information content (AvgIpc) is 2.43. The highest BCUT2D eigenvalue weighted by Gasteiger charge is 2.14. The van der Waals surface area contributed by atoms with Crippen LogP contribution in [0.4, 0.5) is 0 Å². The fourth-order valence-electron chi connectivity index (χ4n) is 2.19. The lowest BCUT2D eigenvalue weighted by Crippen LogP contribution is -2.00. The van der Waals surface area contributed by atoms with Crippen molar-refractivity contribution in [1.82, 2.24) is 19.5 Å². The van der Waals surface area contributed by atoms with Gasteiger partial charge in [-0.1, -0.05) is 18.6 Å². The Bertz CT molecular complexity index is 554. The topological polar surface area (TPSA) is 46.5 Å². The van der Waals surface area contributed by atoms with Crippen molar-refractivity contribution in [3.05, 3.63) is 16.8 Å².